The van der Waals surface area contributed by atoms with Crippen molar-refractivity contribution in [2.75, 3.05) is 0 Å². The molecule has 0 aliphatic heterocycles. The quantitative estimate of drug-likeness (QED) is 0.182. The van der Waals surface area contributed by atoms with Crippen LogP contribution in [0.5, 0.6) is 0 Å². The number of nitrogens with zero attached hydrogens (tertiary/aromatic N) is 5. The minimum absolute atomic E-state index is 0.505. The summed E-state index contributed by atoms with van der Waals surface area (Å²) in [6.45, 7) is 0. The largest absolute Gasteiger partial charge is 0.456 e. The van der Waals surface area contributed by atoms with Gasteiger partial charge in [-0.2, -0.15) is 15.0 Å². The van der Waals surface area contributed by atoms with E-state index in [0.717, 1.165) is 81.9 Å². The lowest BCUT2D eigenvalue weighted by Gasteiger charge is -2.15. The summed E-state index contributed by atoms with van der Waals surface area (Å²) in [4.78, 5) is 16.3. The van der Waals surface area contributed by atoms with Gasteiger partial charge in [-0.1, -0.05) is 140 Å². The molecule has 0 spiro atoms. The van der Waals surface area contributed by atoms with E-state index >= 15 is 0 Å². The Morgan fingerprint density at radius 3 is 1.12 bits per heavy atom. The average molecular weight is 730 g/mol. The number of aromatic nitrogens is 5. The number of furan rings is 1. The first-order valence-electron chi connectivity index (χ1n) is 19.1. The maximum Gasteiger partial charge on any atom is 0.240 e. The van der Waals surface area contributed by atoms with E-state index in [0.29, 0.717) is 17.7 Å². The third-order valence-corrected chi connectivity index (χ3v) is 11.2. The molecule has 0 amide bonds. The minimum Gasteiger partial charge on any atom is -0.456 e. The molecular formula is C51H31N5O. The van der Waals surface area contributed by atoms with Crippen LogP contribution in [0.4, 0.5) is 0 Å². The third kappa shape index (κ3) is 4.81. The molecule has 57 heavy (non-hydrogen) atoms. The SMILES string of the molecule is c1ccc2c(c1)oc1ccc(-c3nc(-n4c5ccccc5c5ccccc5c5ccccc5c5ccccc54)nc(-n4c5ccccc5c5ccccc54)n3)cc12. The van der Waals surface area contributed by atoms with Gasteiger partial charge in [0.2, 0.25) is 11.9 Å². The van der Waals surface area contributed by atoms with Crippen molar-refractivity contribution >= 4 is 87.1 Å². The zero-order chi connectivity index (χ0) is 37.5. The first kappa shape index (κ1) is 31.5. The summed E-state index contributed by atoms with van der Waals surface area (Å²) in [6.07, 6.45) is 0. The van der Waals surface area contributed by atoms with Crippen molar-refractivity contribution in [2.24, 2.45) is 0 Å². The van der Waals surface area contributed by atoms with Crippen molar-refractivity contribution in [2.45, 2.75) is 0 Å². The molecule has 4 heterocycles. The highest BCUT2D eigenvalue weighted by atomic mass is 16.3. The lowest BCUT2D eigenvalue weighted by Crippen LogP contribution is -2.11. The molecular weight excluding hydrogens is 699 g/mol. The molecule has 266 valence electrons. The highest BCUT2D eigenvalue weighted by Crippen LogP contribution is 2.37. The Labute approximate surface area is 325 Å². The van der Waals surface area contributed by atoms with E-state index in [-0.39, 0.29) is 0 Å². The van der Waals surface area contributed by atoms with Crippen molar-refractivity contribution < 1.29 is 4.42 Å². The fourth-order valence-corrected chi connectivity index (χ4v) is 8.73. The van der Waals surface area contributed by atoms with Crippen LogP contribution in [0.3, 0.4) is 0 Å². The molecule has 0 aliphatic rings. The monoisotopic (exact) mass is 729 g/mol. The standard InChI is InChI=1S/C51H31N5O/c1-3-17-35-33(15-1)34-16-2-4-18-36(34)38-20-6-11-25-44(38)55(43-24-10-5-19-37(35)43)50-52-49(32-29-30-48-42(31-32)41-23-9-14-28-47(41)57-48)53-51(54-50)56-45-26-12-7-21-39(45)40-22-8-13-27-46(40)56/h1-31H. The van der Waals surface area contributed by atoms with Gasteiger partial charge in [0.1, 0.15) is 11.2 Å². The molecule has 12 aromatic rings. The van der Waals surface area contributed by atoms with Gasteiger partial charge < -0.3 is 4.42 Å². The molecule has 6 nitrogen and oxygen atoms in total. The molecule has 0 bridgehead atoms. The average Bonchev–Trinajstić information content (AvgIpc) is 3.83. The summed E-state index contributed by atoms with van der Waals surface area (Å²) in [5.74, 6) is 1.59. The van der Waals surface area contributed by atoms with Crippen LogP contribution >= 0.6 is 0 Å². The fourth-order valence-electron chi connectivity index (χ4n) is 8.73. The molecule has 0 saturated carbocycles. The van der Waals surface area contributed by atoms with E-state index in [1.165, 1.54) is 10.8 Å². The van der Waals surface area contributed by atoms with Crippen LogP contribution in [0.15, 0.2) is 192 Å². The number of para-hydroxylation sites is 5. The van der Waals surface area contributed by atoms with E-state index in [2.05, 4.69) is 167 Å². The van der Waals surface area contributed by atoms with E-state index < -0.39 is 0 Å². The Balaban J connectivity index is 1.28. The maximum atomic E-state index is 6.25. The third-order valence-electron chi connectivity index (χ3n) is 11.2. The number of hydrogen-bond acceptors (Lipinski definition) is 4. The number of hydrogen-bond donors (Lipinski definition) is 0. The Kier molecular flexibility index (Phi) is 6.83. The Morgan fingerprint density at radius 2 is 0.649 bits per heavy atom. The molecule has 6 heteroatoms. The second-order valence-corrected chi connectivity index (χ2v) is 14.4. The molecule has 0 saturated heterocycles. The highest BCUT2D eigenvalue weighted by Gasteiger charge is 2.20. The summed E-state index contributed by atoms with van der Waals surface area (Å²) < 4.78 is 10.6. The second kappa shape index (κ2) is 12.3. The molecule has 0 N–H and O–H groups in total. The summed E-state index contributed by atoms with van der Waals surface area (Å²) >= 11 is 0. The van der Waals surface area contributed by atoms with E-state index in [9.17, 15) is 0 Å². The van der Waals surface area contributed by atoms with Crippen LogP contribution in [-0.4, -0.2) is 24.1 Å². The van der Waals surface area contributed by atoms with Gasteiger partial charge in [0.25, 0.3) is 0 Å². The van der Waals surface area contributed by atoms with Crippen LogP contribution in [0.2, 0.25) is 0 Å². The summed E-state index contributed by atoms with van der Waals surface area (Å²) in [5.41, 5.74) is 6.49. The van der Waals surface area contributed by atoms with Crippen LogP contribution in [-0.2, 0) is 0 Å². The normalized spacial score (nSPS) is 11.9. The van der Waals surface area contributed by atoms with Crippen molar-refractivity contribution in [3.05, 3.63) is 188 Å². The first-order chi connectivity index (χ1) is 28.3. The van der Waals surface area contributed by atoms with E-state index in [1.54, 1.807) is 0 Å². The van der Waals surface area contributed by atoms with Crippen LogP contribution in [0.1, 0.15) is 0 Å². The molecule has 0 atom stereocenters. The van der Waals surface area contributed by atoms with Gasteiger partial charge in [0.05, 0.1) is 22.1 Å². The first-order valence-corrected chi connectivity index (χ1v) is 19.1. The highest BCUT2D eigenvalue weighted by molar-refractivity contribution is 6.19. The molecule has 8 aromatic carbocycles. The molecule has 0 aliphatic carbocycles. The van der Waals surface area contributed by atoms with Gasteiger partial charge in [0.15, 0.2) is 5.82 Å². The molecule has 0 radical (unpaired) electrons. The van der Waals surface area contributed by atoms with Gasteiger partial charge in [-0.05, 0) is 70.1 Å². The lowest BCUT2D eigenvalue weighted by molar-refractivity contribution is 0.669. The molecule has 0 unspecified atom stereocenters. The summed E-state index contributed by atoms with van der Waals surface area (Å²) in [5, 5.41) is 11.1. The summed E-state index contributed by atoms with van der Waals surface area (Å²) in [7, 11) is 0. The van der Waals surface area contributed by atoms with E-state index in [1.807, 2.05) is 30.3 Å². The topological polar surface area (TPSA) is 61.7 Å². The Morgan fingerprint density at radius 1 is 0.298 bits per heavy atom. The molecule has 0 fully saturated rings. The number of fused-ring (bicyclic) bond motifs is 13. The van der Waals surface area contributed by atoms with Crippen LogP contribution < -0.4 is 0 Å². The molecule has 12 rings (SSSR count). The van der Waals surface area contributed by atoms with Crippen LogP contribution in [0.25, 0.3) is 110 Å². The second-order valence-electron chi connectivity index (χ2n) is 14.4. The number of benzene rings is 8. The van der Waals surface area contributed by atoms with Gasteiger partial charge in [-0.25, -0.2) is 0 Å². The van der Waals surface area contributed by atoms with Crippen molar-refractivity contribution in [3.8, 4) is 23.3 Å². The van der Waals surface area contributed by atoms with Crippen molar-refractivity contribution in [1.29, 1.82) is 0 Å². The smallest absolute Gasteiger partial charge is 0.240 e. The Bertz CT molecular complexity index is 3510. The van der Waals surface area contributed by atoms with Crippen molar-refractivity contribution in [1.82, 2.24) is 24.1 Å². The lowest BCUT2D eigenvalue weighted by atomic mass is 10.0. The van der Waals surface area contributed by atoms with Gasteiger partial charge in [-0.15, -0.1) is 0 Å². The van der Waals surface area contributed by atoms with Crippen molar-refractivity contribution in [3.63, 3.8) is 0 Å². The maximum absolute atomic E-state index is 6.25. The minimum atomic E-state index is 0.505. The predicted molar refractivity (Wildman–Crippen MR) is 234 cm³/mol. The van der Waals surface area contributed by atoms with Gasteiger partial charge in [-0.3, -0.25) is 9.13 Å². The van der Waals surface area contributed by atoms with E-state index in [4.69, 9.17) is 19.4 Å². The summed E-state index contributed by atoms with van der Waals surface area (Å²) in [6, 6.07) is 65.8. The van der Waals surface area contributed by atoms with Crippen LogP contribution in [0, 0.1) is 0 Å². The molecule has 4 aromatic heterocycles. The fraction of sp³-hybridized carbons (Fsp3) is 0. The van der Waals surface area contributed by atoms with Gasteiger partial charge in [0, 0.05) is 37.9 Å². The zero-order valence-electron chi connectivity index (χ0n) is 30.5. The Hall–Kier alpha value is -7.83. The zero-order valence-corrected chi connectivity index (χ0v) is 30.5. The van der Waals surface area contributed by atoms with Gasteiger partial charge >= 0.3 is 0 Å². The number of rotatable bonds is 3. The predicted octanol–water partition coefficient (Wildman–Crippen LogP) is 13.1.